The summed E-state index contributed by atoms with van der Waals surface area (Å²) in [5.41, 5.74) is 5.79. The molecule has 33 heavy (non-hydrogen) atoms. The van der Waals surface area contributed by atoms with Gasteiger partial charge in [-0.15, -0.1) is 11.3 Å². The highest BCUT2D eigenvalue weighted by atomic mass is 32.1. The second-order valence-corrected chi connectivity index (χ2v) is 9.40. The van der Waals surface area contributed by atoms with Gasteiger partial charge in [-0.3, -0.25) is 14.5 Å². The van der Waals surface area contributed by atoms with Crippen LogP contribution in [0.4, 0.5) is 0 Å². The summed E-state index contributed by atoms with van der Waals surface area (Å²) in [5, 5.41) is 6.15. The van der Waals surface area contributed by atoms with Crippen LogP contribution < -0.4 is 10.9 Å². The molecule has 2 N–H and O–H groups in total. The maximum Gasteiger partial charge on any atom is 0.261 e. The Hall–Kier alpha value is -3.55. The van der Waals surface area contributed by atoms with E-state index in [0.717, 1.165) is 38.6 Å². The van der Waals surface area contributed by atoms with Crippen molar-refractivity contribution in [1.29, 1.82) is 0 Å². The van der Waals surface area contributed by atoms with Gasteiger partial charge in [-0.05, 0) is 48.4 Å². The standard InChI is InChI=1S/C26H24N4O2S/c1-16-27-18(15-33-16)14-30(2)13-17-11-12-23(25(31)28-17)26(32)29-24-21-9-5-3-7-19(21)20-8-4-6-10-22(20)24/h3-12,15,24H,13-14H2,1-2H3,(H,28,31)(H,29,32). The second kappa shape index (κ2) is 8.77. The van der Waals surface area contributed by atoms with E-state index in [-0.39, 0.29) is 23.1 Å². The Morgan fingerprint density at radius 3 is 2.30 bits per heavy atom. The topological polar surface area (TPSA) is 78.1 Å². The number of amides is 1. The molecule has 6 nitrogen and oxygen atoms in total. The van der Waals surface area contributed by atoms with E-state index in [0.29, 0.717) is 13.1 Å². The number of pyridine rings is 1. The molecular weight excluding hydrogens is 432 g/mol. The first-order valence-electron chi connectivity index (χ1n) is 10.8. The highest BCUT2D eigenvalue weighted by Crippen LogP contribution is 2.43. The number of H-pyrrole nitrogens is 1. The van der Waals surface area contributed by atoms with Crippen LogP contribution in [0.2, 0.25) is 0 Å². The summed E-state index contributed by atoms with van der Waals surface area (Å²) in [6.45, 7) is 3.23. The third-order valence-corrected chi connectivity index (χ3v) is 6.68. The number of nitrogens with one attached hydrogen (secondary N) is 2. The molecule has 5 rings (SSSR count). The number of benzene rings is 2. The van der Waals surface area contributed by atoms with Gasteiger partial charge in [0.2, 0.25) is 0 Å². The summed E-state index contributed by atoms with van der Waals surface area (Å²) in [7, 11) is 1.97. The lowest BCUT2D eigenvalue weighted by Gasteiger charge is -2.17. The van der Waals surface area contributed by atoms with Crippen LogP contribution in [0, 0.1) is 6.92 Å². The van der Waals surface area contributed by atoms with Crippen molar-refractivity contribution in [1.82, 2.24) is 20.2 Å². The highest BCUT2D eigenvalue weighted by Gasteiger charge is 2.29. The average Bonchev–Trinajstić information content (AvgIpc) is 3.35. The molecule has 0 spiro atoms. The van der Waals surface area contributed by atoms with E-state index in [9.17, 15) is 9.59 Å². The van der Waals surface area contributed by atoms with E-state index in [4.69, 9.17) is 0 Å². The van der Waals surface area contributed by atoms with Gasteiger partial charge in [0.05, 0.1) is 16.7 Å². The predicted molar refractivity (Wildman–Crippen MR) is 130 cm³/mol. The molecule has 0 fully saturated rings. The zero-order valence-electron chi connectivity index (χ0n) is 18.5. The molecule has 4 aromatic rings. The fourth-order valence-corrected chi connectivity index (χ4v) is 5.01. The summed E-state index contributed by atoms with van der Waals surface area (Å²) in [6, 6.07) is 19.2. The second-order valence-electron chi connectivity index (χ2n) is 8.34. The van der Waals surface area contributed by atoms with E-state index in [1.165, 1.54) is 0 Å². The summed E-state index contributed by atoms with van der Waals surface area (Å²) in [6.07, 6.45) is 0. The molecule has 1 aliphatic rings. The van der Waals surface area contributed by atoms with Crippen molar-refractivity contribution in [2.75, 3.05) is 7.05 Å². The molecule has 2 aromatic heterocycles. The molecule has 0 aliphatic heterocycles. The molecule has 7 heteroatoms. The maximum atomic E-state index is 13.1. The minimum Gasteiger partial charge on any atom is -0.341 e. The molecule has 0 bridgehead atoms. The molecular formula is C26H24N4O2S. The number of carbonyl (C=O) groups is 1. The Morgan fingerprint density at radius 1 is 1.03 bits per heavy atom. The van der Waals surface area contributed by atoms with Crippen LogP contribution in [0.3, 0.4) is 0 Å². The van der Waals surface area contributed by atoms with Crippen LogP contribution in [0.15, 0.2) is 70.8 Å². The SMILES string of the molecule is Cc1nc(CN(C)Cc2ccc(C(=O)NC3c4ccccc4-c4ccccc43)c(=O)[nH]2)cs1. The number of carbonyl (C=O) groups excluding carboxylic acids is 1. The Morgan fingerprint density at radius 2 is 1.70 bits per heavy atom. The lowest BCUT2D eigenvalue weighted by atomic mass is 10.0. The van der Waals surface area contributed by atoms with E-state index in [1.54, 1.807) is 23.5 Å². The van der Waals surface area contributed by atoms with Crippen LogP contribution in [-0.4, -0.2) is 27.8 Å². The summed E-state index contributed by atoms with van der Waals surface area (Å²) in [5.74, 6) is -0.384. The molecule has 2 aromatic carbocycles. The minimum absolute atomic E-state index is 0.110. The molecule has 1 aliphatic carbocycles. The Labute approximate surface area is 195 Å². The maximum absolute atomic E-state index is 13.1. The van der Waals surface area contributed by atoms with E-state index >= 15 is 0 Å². The van der Waals surface area contributed by atoms with Crippen molar-refractivity contribution in [3.63, 3.8) is 0 Å². The first-order chi connectivity index (χ1) is 16.0. The summed E-state index contributed by atoms with van der Waals surface area (Å²) < 4.78 is 0. The average molecular weight is 457 g/mol. The summed E-state index contributed by atoms with van der Waals surface area (Å²) >= 11 is 1.62. The van der Waals surface area contributed by atoms with Crippen LogP contribution >= 0.6 is 11.3 Å². The number of fused-ring (bicyclic) bond motifs is 3. The Bertz CT molecular complexity index is 1350. The molecule has 0 radical (unpaired) electrons. The van der Waals surface area contributed by atoms with Gasteiger partial charge in [-0.25, -0.2) is 4.98 Å². The monoisotopic (exact) mass is 456 g/mol. The van der Waals surface area contributed by atoms with Gasteiger partial charge in [-0.2, -0.15) is 0 Å². The van der Waals surface area contributed by atoms with Gasteiger partial charge in [0, 0.05) is 24.2 Å². The van der Waals surface area contributed by atoms with Gasteiger partial charge >= 0.3 is 0 Å². The molecule has 0 saturated carbocycles. The molecule has 1 amide bonds. The van der Waals surface area contributed by atoms with Crippen LogP contribution in [0.1, 0.15) is 43.9 Å². The van der Waals surface area contributed by atoms with Crippen LogP contribution in [-0.2, 0) is 13.1 Å². The third-order valence-electron chi connectivity index (χ3n) is 5.86. The van der Waals surface area contributed by atoms with E-state index in [1.807, 2.05) is 55.7 Å². The van der Waals surface area contributed by atoms with Gasteiger partial charge in [0.25, 0.3) is 11.5 Å². The quantitative estimate of drug-likeness (QED) is 0.454. The normalized spacial score (nSPS) is 12.6. The molecule has 0 atom stereocenters. The van der Waals surface area contributed by atoms with Gasteiger partial charge in [-0.1, -0.05) is 48.5 Å². The number of hydrogen-bond acceptors (Lipinski definition) is 5. The molecule has 2 heterocycles. The van der Waals surface area contributed by atoms with Crippen molar-refractivity contribution in [3.8, 4) is 11.1 Å². The first kappa shape index (κ1) is 21.3. The zero-order valence-corrected chi connectivity index (χ0v) is 19.3. The molecule has 0 saturated heterocycles. The number of nitrogens with zero attached hydrogens (tertiary/aromatic N) is 2. The number of aryl methyl sites for hydroxylation is 1. The van der Waals surface area contributed by atoms with Crippen molar-refractivity contribution >= 4 is 17.2 Å². The predicted octanol–water partition coefficient (Wildman–Crippen LogP) is 4.27. The smallest absolute Gasteiger partial charge is 0.261 e. The lowest BCUT2D eigenvalue weighted by Crippen LogP contribution is -2.33. The minimum atomic E-state index is -0.387. The van der Waals surface area contributed by atoms with Crippen molar-refractivity contribution in [2.24, 2.45) is 0 Å². The number of thiazole rings is 1. The van der Waals surface area contributed by atoms with Crippen molar-refractivity contribution in [3.05, 3.63) is 109 Å². The number of rotatable bonds is 6. The van der Waals surface area contributed by atoms with E-state index in [2.05, 4.69) is 32.3 Å². The Kier molecular flexibility index (Phi) is 5.66. The van der Waals surface area contributed by atoms with Gasteiger partial charge < -0.3 is 10.3 Å². The van der Waals surface area contributed by atoms with Crippen molar-refractivity contribution < 1.29 is 4.79 Å². The van der Waals surface area contributed by atoms with Crippen LogP contribution in [0.25, 0.3) is 11.1 Å². The molecule has 0 unspecified atom stereocenters. The fourth-order valence-electron chi connectivity index (χ4n) is 4.41. The zero-order chi connectivity index (χ0) is 22.9. The number of hydrogen-bond donors (Lipinski definition) is 2. The van der Waals surface area contributed by atoms with Gasteiger partial charge in [0.1, 0.15) is 5.56 Å². The first-order valence-corrected chi connectivity index (χ1v) is 11.7. The van der Waals surface area contributed by atoms with Crippen molar-refractivity contribution in [2.45, 2.75) is 26.1 Å². The summed E-state index contributed by atoms with van der Waals surface area (Å²) in [4.78, 5) is 35.2. The molecule has 166 valence electrons. The highest BCUT2D eigenvalue weighted by molar-refractivity contribution is 7.09. The lowest BCUT2D eigenvalue weighted by molar-refractivity contribution is 0.0942. The van der Waals surface area contributed by atoms with Gasteiger partial charge in [0.15, 0.2) is 0 Å². The van der Waals surface area contributed by atoms with E-state index < -0.39 is 0 Å². The third kappa shape index (κ3) is 4.25. The largest absolute Gasteiger partial charge is 0.341 e. The fraction of sp³-hybridized carbons (Fsp3) is 0.192. The van der Waals surface area contributed by atoms with Crippen LogP contribution in [0.5, 0.6) is 0 Å². The number of aromatic nitrogens is 2. The number of aromatic amines is 1. The Balaban J connectivity index is 1.32.